The molecule has 21 heavy (non-hydrogen) atoms. The highest BCUT2D eigenvalue weighted by molar-refractivity contribution is 5.50. The number of nitrogens with zero attached hydrogens (tertiary/aromatic N) is 6. The van der Waals surface area contributed by atoms with Crippen LogP contribution in [0.5, 0.6) is 0 Å². The van der Waals surface area contributed by atoms with Gasteiger partial charge in [-0.3, -0.25) is 10.1 Å². The van der Waals surface area contributed by atoms with Crippen molar-refractivity contribution in [1.82, 2.24) is 19.7 Å². The molecule has 2 aromatic rings. The minimum absolute atomic E-state index is 0.0359. The second kappa shape index (κ2) is 5.47. The van der Waals surface area contributed by atoms with E-state index in [1.807, 2.05) is 11.6 Å². The van der Waals surface area contributed by atoms with Gasteiger partial charge in [-0.05, 0) is 25.3 Å². The van der Waals surface area contributed by atoms with E-state index in [1.165, 1.54) is 6.20 Å². The first-order valence-electron chi connectivity index (χ1n) is 6.85. The molecule has 8 heteroatoms. The molecule has 0 aromatic carbocycles. The molecule has 1 aliphatic rings. The van der Waals surface area contributed by atoms with Gasteiger partial charge in [-0.25, -0.2) is 14.6 Å². The number of aromatic nitrogens is 4. The number of pyridine rings is 1. The van der Waals surface area contributed by atoms with Crippen LogP contribution in [0.15, 0.2) is 24.9 Å². The summed E-state index contributed by atoms with van der Waals surface area (Å²) in [5.74, 6) is 0.831. The third kappa shape index (κ3) is 2.69. The molecule has 3 heterocycles. The van der Waals surface area contributed by atoms with Gasteiger partial charge in [0.15, 0.2) is 0 Å². The second-order valence-electron chi connectivity index (χ2n) is 5.18. The molecule has 1 aliphatic heterocycles. The Morgan fingerprint density at radius 2 is 2.14 bits per heavy atom. The SMILES string of the molecule is Cc1cc([N+](=O)[O-])cnc1N1CCC(n2cncn2)CC1. The van der Waals surface area contributed by atoms with Gasteiger partial charge < -0.3 is 4.90 Å². The highest BCUT2D eigenvalue weighted by atomic mass is 16.6. The summed E-state index contributed by atoms with van der Waals surface area (Å²) in [6, 6.07) is 1.94. The molecule has 8 nitrogen and oxygen atoms in total. The molecule has 0 atom stereocenters. The van der Waals surface area contributed by atoms with E-state index < -0.39 is 4.92 Å². The number of aryl methyl sites for hydroxylation is 1. The van der Waals surface area contributed by atoms with E-state index in [9.17, 15) is 10.1 Å². The average Bonchev–Trinajstić information content (AvgIpc) is 3.01. The van der Waals surface area contributed by atoms with Crippen LogP contribution in [-0.4, -0.2) is 37.8 Å². The summed E-state index contributed by atoms with van der Waals surface area (Å²) in [6.45, 7) is 3.57. The lowest BCUT2D eigenvalue weighted by Crippen LogP contribution is -2.35. The molecule has 0 radical (unpaired) electrons. The largest absolute Gasteiger partial charge is 0.356 e. The Balaban J connectivity index is 1.71. The Bertz CT molecular complexity index is 634. The van der Waals surface area contributed by atoms with Gasteiger partial charge in [0.2, 0.25) is 0 Å². The van der Waals surface area contributed by atoms with Crippen molar-refractivity contribution in [1.29, 1.82) is 0 Å². The summed E-state index contributed by atoms with van der Waals surface area (Å²) < 4.78 is 1.90. The first-order valence-corrected chi connectivity index (χ1v) is 6.85. The van der Waals surface area contributed by atoms with Gasteiger partial charge in [0, 0.05) is 19.2 Å². The summed E-state index contributed by atoms with van der Waals surface area (Å²) in [5, 5.41) is 14.9. The summed E-state index contributed by atoms with van der Waals surface area (Å²) >= 11 is 0. The summed E-state index contributed by atoms with van der Waals surface area (Å²) in [6.07, 6.45) is 6.54. The second-order valence-corrected chi connectivity index (χ2v) is 5.18. The third-order valence-electron chi connectivity index (χ3n) is 3.82. The van der Waals surface area contributed by atoms with E-state index >= 15 is 0 Å². The number of piperidine rings is 1. The smallest absolute Gasteiger partial charge is 0.287 e. The van der Waals surface area contributed by atoms with E-state index in [1.54, 1.807) is 18.7 Å². The highest BCUT2D eigenvalue weighted by Gasteiger charge is 2.23. The van der Waals surface area contributed by atoms with Crippen LogP contribution >= 0.6 is 0 Å². The normalized spacial score (nSPS) is 16.1. The van der Waals surface area contributed by atoms with Crippen LogP contribution in [0.2, 0.25) is 0 Å². The fourth-order valence-electron chi connectivity index (χ4n) is 2.73. The standard InChI is InChI=1S/C13H16N6O2/c1-10-6-12(19(20)21)7-15-13(10)17-4-2-11(3-5-17)18-9-14-8-16-18/h6-9,11H,2-5H2,1H3. The number of anilines is 1. The molecule has 0 amide bonds. The number of rotatable bonds is 3. The van der Waals surface area contributed by atoms with Crippen molar-refractivity contribution in [2.75, 3.05) is 18.0 Å². The predicted molar refractivity (Wildman–Crippen MR) is 76.1 cm³/mol. The highest BCUT2D eigenvalue weighted by Crippen LogP contribution is 2.27. The summed E-state index contributed by atoms with van der Waals surface area (Å²) in [4.78, 5) is 20.7. The lowest BCUT2D eigenvalue weighted by atomic mass is 10.0. The molecule has 1 saturated heterocycles. The van der Waals surface area contributed by atoms with Crippen molar-refractivity contribution in [2.24, 2.45) is 0 Å². The average molecular weight is 288 g/mol. The van der Waals surface area contributed by atoms with Crippen LogP contribution in [-0.2, 0) is 0 Å². The van der Waals surface area contributed by atoms with Crippen molar-refractivity contribution in [2.45, 2.75) is 25.8 Å². The fraction of sp³-hybridized carbons (Fsp3) is 0.462. The topological polar surface area (TPSA) is 90.0 Å². The molecule has 0 saturated carbocycles. The van der Waals surface area contributed by atoms with Crippen LogP contribution < -0.4 is 4.90 Å². The van der Waals surface area contributed by atoms with Gasteiger partial charge >= 0.3 is 0 Å². The zero-order valence-electron chi connectivity index (χ0n) is 11.7. The van der Waals surface area contributed by atoms with E-state index in [0.717, 1.165) is 37.3 Å². The van der Waals surface area contributed by atoms with Crippen molar-refractivity contribution in [3.63, 3.8) is 0 Å². The molecule has 0 bridgehead atoms. The molecule has 0 unspecified atom stereocenters. The van der Waals surface area contributed by atoms with E-state index in [0.29, 0.717) is 6.04 Å². The minimum Gasteiger partial charge on any atom is -0.356 e. The first kappa shape index (κ1) is 13.5. The van der Waals surface area contributed by atoms with E-state index in [-0.39, 0.29) is 5.69 Å². The molecule has 0 aliphatic carbocycles. The Morgan fingerprint density at radius 1 is 1.38 bits per heavy atom. The lowest BCUT2D eigenvalue weighted by molar-refractivity contribution is -0.385. The monoisotopic (exact) mass is 288 g/mol. The Morgan fingerprint density at radius 3 is 2.71 bits per heavy atom. The third-order valence-corrected chi connectivity index (χ3v) is 3.82. The molecule has 0 spiro atoms. The minimum atomic E-state index is -0.416. The van der Waals surface area contributed by atoms with Crippen LogP contribution in [0.3, 0.4) is 0 Å². The lowest BCUT2D eigenvalue weighted by Gasteiger charge is -2.33. The Labute approximate surface area is 121 Å². The maximum absolute atomic E-state index is 10.8. The van der Waals surface area contributed by atoms with Crippen LogP contribution in [0, 0.1) is 17.0 Å². The molecule has 110 valence electrons. The van der Waals surface area contributed by atoms with Gasteiger partial charge in [-0.15, -0.1) is 0 Å². The van der Waals surface area contributed by atoms with E-state index in [2.05, 4.69) is 20.0 Å². The van der Waals surface area contributed by atoms with Crippen molar-refractivity contribution in [3.05, 3.63) is 40.6 Å². The van der Waals surface area contributed by atoms with Crippen molar-refractivity contribution in [3.8, 4) is 0 Å². The molecular weight excluding hydrogens is 272 g/mol. The van der Waals surface area contributed by atoms with Crippen LogP contribution in [0.25, 0.3) is 0 Å². The maximum Gasteiger partial charge on any atom is 0.287 e. The maximum atomic E-state index is 10.8. The zero-order chi connectivity index (χ0) is 14.8. The Hall–Kier alpha value is -2.51. The number of hydrogen-bond acceptors (Lipinski definition) is 6. The van der Waals surface area contributed by atoms with E-state index in [4.69, 9.17) is 0 Å². The summed E-state index contributed by atoms with van der Waals surface area (Å²) in [5.41, 5.74) is 0.872. The zero-order valence-corrected chi connectivity index (χ0v) is 11.7. The summed E-state index contributed by atoms with van der Waals surface area (Å²) in [7, 11) is 0. The number of hydrogen-bond donors (Lipinski definition) is 0. The van der Waals surface area contributed by atoms with Gasteiger partial charge in [0.1, 0.15) is 24.7 Å². The predicted octanol–water partition coefficient (Wildman–Crippen LogP) is 1.73. The van der Waals surface area contributed by atoms with Gasteiger partial charge in [0.05, 0.1) is 11.0 Å². The van der Waals surface area contributed by atoms with Crippen molar-refractivity contribution < 1.29 is 4.92 Å². The molecule has 3 rings (SSSR count). The molecule has 0 N–H and O–H groups in total. The van der Waals surface area contributed by atoms with Gasteiger partial charge in [0.25, 0.3) is 5.69 Å². The Kier molecular flexibility index (Phi) is 3.51. The van der Waals surface area contributed by atoms with Gasteiger partial charge in [-0.1, -0.05) is 0 Å². The van der Waals surface area contributed by atoms with Crippen LogP contribution in [0.1, 0.15) is 24.4 Å². The number of nitro groups is 1. The first-order chi connectivity index (χ1) is 10.1. The fourth-order valence-corrected chi connectivity index (χ4v) is 2.73. The molecule has 2 aromatic heterocycles. The molecule has 1 fully saturated rings. The molecular formula is C13H16N6O2. The van der Waals surface area contributed by atoms with Crippen molar-refractivity contribution >= 4 is 11.5 Å². The quantitative estimate of drug-likeness (QED) is 0.631. The van der Waals surface area contributed by atoms with Gasteiger partial charge in [-0.2, -0.15) is 5.10 Å². The van der Waals surface area contributed by atoms with Crippen LogP contribution in [0.4, 0.5) is 11.5 Å².